The van der Waals surface area contributed by atoms with Gasteiger partial charge in [0.1, 0.15) is 5.75 Å². The molecule has 0 N–H and O–H groups in total. The molecule has 1 aliphatic rings. The summed E-state index contributed by atoms with van der Waals surface area (Å²) >= 11 is 1.44. The Bertz CT molecular complexity index is 918. The van der Waals surface area contributed by atoms with Gasteiger partial charge < -0.3 is 4.74 Å². The summed E-state index contributed by atoms with van der Waals surface area (Å²) in [6.07, 6.45) is 0.688. The third kappa shape index (κ3) is 3.13. The topological polar surface area (TPSA) is 41.9 Å². The van der Waals surface area contributed by atoms with Crippen molar-refractivity contribution in [3.63, 3.8) is 0 Å². The molecule has 0 fully saturated rings. The zero-order valence-corrected chi connectivity index (χ0v) is 15.1. The molecule has 1 aliphatic heterocycles. The predicted molar refractivity (Wildman–Crippen MR) is 104 cm³/mol. The Morgan fingerprint density at radius 2 is 1.85 bits per heavy atom. The van der Waals surface area contributed by atoms with Gasteiger partial charge >= 0.3 is 0 Å². The van der Waals surface area contributed by atoms with Crippen LogP contribution in [0.3, 0.4) is 0 Å². The first-order valence-electron chi connectivity index (χ1n) is 8.40. The summed E-state index contributed by atoms with van der Waals surface area (Å²) in [6.45, 7) is 0. The van der Waals surface area contributed by atoms with Gasteiger partial charge in [0.15, 0.2) is 0 Å². The van der Waals surface area contributed by atoms with Gasteiger partial charge in [-0.15, -0.1) is 11.3 Å². The molecule has 0 aliphatic carbocycles. The van der Waals surface area contributed by atoms with Crippen LogP contribution in [0.15, 0.2) is 77.2 Å². The first-order valence-corrected chi connectivity index (χ1v) is 9.28. The number of carbonyl (C=O) groups excluding carboxylic acids is 1. The van der Waals surface area contributed by atoms with Crippen molar-refractivity contribution in [2.75, 3.05) is 7.11 Å². The lowest BCUT2D eigenvalue weighted by atomic mass is 9.98. The molecule has 2 aromatic carbocycles. The maximum absolute atomic E-state index is 13.0. The zero-order chi connectivity index (χ0) is 17.9. The van der Waals surface area contributed by atoms with Crippen molar-refractivity contribution in [1.82, 2.24) is 5.01 Å². The van der Waals surface area contributed by atoms with Gasteiger partial charge in [0.05, 0.1) is 23.7 Å². The van der Waals surface area contributed by atoms with E-state index in [0.29, 0.717) is 11.3 Å². The second-order valence-electron chi connectivity index (χ2n) is 6.03. The summed E-state index contributed by atoms with van der Waals surface area (Å²) < 4.78 is 5.25. The Morgan fingerprint density at radius 1 is 1.08 bits per heavy atom. The molecule has 0 unspecified atom stereocenters. The molecule has 0 bridgehead atoms. The van der Waals surface area contributed by atoms with Crippen LogP contribution in [0.1, 0.15) is 33.3 Å². The van der Waals surface area contributed by atoms with Crippen LogP contribution in [0.4, 0.5) is 0 Å². The standard InChI is InChI=1S/C21H18N2O2S/c1-25-17-11-9-16(10-12-17)19-14-18(15-6-3-2-4-7-15)22-23(19)21(24)20-8-5-13-26-20/h2-13,19H,14H2,1H3/t19-/m1/s1. The van der Waals surface area contributed by atoms with Gasteiger partial charge in [-0.3, -0.25) is 4.79 Å². The van der Waals surface area contributed by atoms with Gasteiger partial charge in [0.25, 0.3) is 5.91 Å². The fourth-order valence-electron chi connectivity index (χ4n) is 3.10. The molecule has 1 atom stereocenters. The normalized spacial score (nSPS) is 16.4. The van der Waals surface area contributed by atoms with Crippen LogP contribution in [-0.2, 0) is 0 Å². The number of methoxy groups -OCH3 is 1. The maximum atomic E-state index is 13.0. The number of rotatable bonds is 4. The zero-order valence-electron chi connectivity index (χ0n) is 14.3. The average Bonchev–Trinajstić information content (AvgIpc) is 3.38. The van der Waals surface area contributed by atoms with Gasteiger partial charge in [-0.1, -0.05) is 48.5 Å². The van der Waals surface area contributed by atoms with Gasteiger partial charge in [-0.25, -0.2) is 5.01 Å². The molecule has 130 valence electrons. The van der Waals surface area contributed by atoms with Crippen molar-refractivity contribution in [3.8, 4) is 5.75 Å². The van der Waals surface area contributed by atoms with Crippen LogP contribution in [-0.4, -0.2) is 23.7 Å². The lowest BCUT2D eigenvalue weighted by Gasteiger charge is -2.21. The summed E-state index contributed by atoms with van der Waals surface area (Å²) in [5.41, 5.74) is 3.02. The van der Waals surface area contributed by atoms with Crippen LogP contribution in [0.2, 0.25) is 0 Å². The van der Waals surface area contributed by atoms with E-state index in [0.717, 1.165) is 22.6 Å². The Morgan fingerprint density at radius 3 is 2.50 bits per heavy atom. The highest BCUT2D eigenvalue weighted by Crippen LogP contribution is 2.35. The molecule has 1 amide bonds. The lowest BCUT2D eigenvalue weighted by Crippen LogP contribution is -2.26. The van der Waals surface area contributed by atoms with E-state index in [4.69, 9.17) is 9.84 Å². The first kappa shape index (κ1) is 16.5. The maximum Gasteiger partial charge on any atom is 0.284 e. The molecule has 1 aromatic heterocycles. The SMILES string of the molecule is COc1ccc([C@H]2CC(c3ccccc3)=NN2C(=O)c2cccs2)cc1. The summed E-state index contributed by atoms with van der Waals surface area (Å²) in [6, 6.07) is 21.5. The van der Waals surface area contributed by atoms with Gasteiger partial charge in [-0.05, 0) is 34.7 Å². The quantitative estimate of drug-likeness (QED) is 0.672. The minimum Gasteiger partial charge on any atom is -0.497 e. The number of ether oxygens (including phenoxy) is 1. The summed E-state index contributed by atoms with van der Waals surface area (Å²) in [5.74, 6) is 0.735. The number of thiophene rings is 1. The van der Waals surface area contributed by atoms with Crippen LogP contribution in [0, 0.1) is 0 Å². The highest BCUT2D eigenvalue weighted by atomic mass is 32.1. The smallest absolute Gasteiger partial charge is 0.284 e. The number of hydrogen-bond acceptors (Lipinski definition) is 4. The van der Waals surface area contributed by atoms with Crippen molar-refractivity contribution in [3.05, 3.63) is 88.1 Å². The second kappa shape index (κ2) is 7.14. The van der Waals surface area contributed by atoms with E-state index in [2.05, 4.69) is 0 Å². The highest BCUT2D eigenvalue weighted by Gasteiger charge is 2.34. The van der Waals surface area contributed by atoms with E-state index in [1.54, 1.807) is 12.1 Å². The number of benzene rings is 2. The van der Waals surface area contributed by atoms with Gasteiger partial charge in [0.2, 0.25) is 0 Å². The Hall–Kier alpha value is -2.92. The van der Waals surface area contributed by atoms with Crippen molar-refractivity contribution in [1.29, 1.82) is 0 Å². The lowest BCUT2D eigenvalue weighted by molar-refractivity contribution is 0.0716. The third-order valence-corrected chi connectivity index (χ3v) is 5.32. The van der Waals surface area contributed by atoms with E-state index in [-0.39, 0.29) is 11.9 Å². The molecule has 26 heavy (non-hydrogen) atoms. The summed E-state index contributed by atoms with van der Waals surface area (Å²) in [5, 5.41) is 8.22. The number of hydrazone groups is 1. The predicted octanol–water partition coefficient (Wildman–Crippen LogP) is 4.75. The third-order valence-electron chi connectivity index (χ3n) is 4.46. The molecular formula is C21H18N2O2S. The Kier molecular flexibility index (Phi) is 4.54. The molecule has 4 rings (SSSR count). The van der Waals surface area contributed by atoms with Crippen LogP contribution in [0.25, 0.3) is 0 Å². The number of nitrogens with zero attached hydrogens (tertiary/aromatic N) is 2. The highest BCUT2D eigenvalue weighted by molar-refractivity contribution is 7.12. The van der Waals surface area contributed by atoms with Crippen LogP contribution in [0.5, 0.6) is 5.75 Å². The number of carbonyl (C=O) groups is 1. The van der Waals surface area contributed by atoms with Crippen molar-refractivity contribution in [2.24, 2.45) is 5.10 Å². The van der Waals surface area contributed by atoms with Crippen LogP contribution >= 0.6 is 11.3 Å². The van der Waals surface area contributed by atoms with Crippen LogP contribution < -0.4 is 4.74 Å². The Labute approximate surface area is 156 Å². The van der Waals surface area contributed by atoms with Gasteiger partial charge in [-0.2, -0.15) is 5.10 Å². The molecule has 4 nitrogen and oxygen atoms in total. The van der Waals surface area contributed by atoms with E-state index >= 15 is 0 Å². The van der Waals surface area contributed by atoms with E-state index in [1.807, 2.05) is 72.1 Å². The van der Waals surface area contributed by atoms with Crippen molar-refractivity contribution >= 4 is 23.0 Å². The van der Waals surface area contributed by atoms with Gasteiger partial charge in [0, 0.05) is 6.42 Å². The summed E-state index contributed by atoms with van der Waals surface area (Å²) in [7, 11) is 1.65. The molecule has 3 aromatic rings. The minimum absolute atomic E-state index is 0.0632. The second-order valence-corrected chi connectivity index (χ2v) is 6.98. The van der Waals surface area contributed by atoms with Crippen molar-refractivity contribution < 1.29 is 9.53 Å². The molecule has 0 spiro atoms. The monoisotopic (exact) mass is 362 g/mol. The van der Waals surface area contributed by atoms with E-state index < -0.39 is 0 Å². The Balaban J connectivity index is 1.70. The fraction of sp³-hybridized carbons (Fsp3) is 0.143. The number of amides is 1. The average molecular weight is 362 g/mol. The first-order chi connectivity index (χ1) is 12.8. The molecule has 0 saturated carbocycles. The van der Waals surface area contributed by atoms with Crippen molar-refractivity contribution in [2.45, 2.75) is 12.5 Å². The minimum atomic E-state index is -0.120. The van der Waals surface area contributed by atoms with E-state index in [1.165, 1.54) is 11.3 Å². The fourth-order valence-corrected chi connectivity index (χ4v) is 3.76. The number of hydrogen-bond donors (Lipinski definition) is 0. The molecular weight excluding hydrogens is 344 g/mol. The van der Waals surface area contributed by atoms with E-state index in [9.17, 15) is 4.79 Å². The molecule has 0 saturated heterocycles. The summed E-state index contributed by atoms with van der Waals surface area (Å²) in [4.78, 5) is 13.7. The molecule has 5 heteroatoms. The molecule has 0 radical (unpaired) electrons. The molecule has 2 heterocycles. The largest absolute Gasteiger partial charge is 0.497 e.